The lowest BCUT2D eigenvalue weighted by atomic mass is 10.0. The molecule has 0 radical (unpaired) electrons. The maximum atomic E-state index is 13.2. The van der Waals surface area contributed by atoms with Crippen molar-refractivity contribution in [1.29, 1.82) is 0 Å². The number of hydrogen-bond acceptors (Lipinski definition) is 5. The molecule has 0 aliphatic carbocycles. The Morgan fingerprint density at radius 1 is 1.00 bits per heavy atom. The van der Waals surface area contributed by atoms with E-state index in [9.17, 15) is 14.4 Å². The molecule has 0 spiro atoms. The van der Waals surface area contributed by atoms with Crippen LogP contribution >= 0.6 is 0 Å². The summed E-state index contributed by atoms with van der Waals surface area (Å²) in [4.78, 5) is 40.7. The zero-order chi connectivity index (χ0) is 26.2. The van der Waals surface area contributed by atoms with Crippen LogP contribution in [0.3, 0.4) is 0 Å². The molecule has 0 aliphatic rings. The lowest BCUT2D eigenvalue weighted by Gasteiger charge is -2.18. The number of aromatic nitrogens is 1. The van der Waals surface area contributed by atoms with Gasteiger partial charge in [0.05, 0.1) is 7.11 Å². The summed E-state index contributed by atoms with van der Waals surface area (Å²) in [6.07, 6.45) is 5.01. The molecule has 4 rings (SSSR count). The van der Waals surface area contributed by atoms with Gasteiger partial charge in [0.2, 0.25) is 11.8 Å². The predicted octanol–water partition coefficient (Wildman–Crippen LogP) is 3.67. The van der Waals surface area contributed by atoms with E-state index in [4.69, 9.17) is 9.94 Å². The number of nitrogens with one attached hydrogen (secondary N) is 4. The monoisotopic (exact) mass is 498 g/mol. The molecule has 3 amide bonds. The number of rotatable bonds is 9. The third-order valence-electron chi connectivity index (χ3n) is 5.79. The molecule has 9 heteroatoms. The van der Waals surface area contributed by atoms with Gasteiger partial charge in [0.1, 0.15) is 11.8 Å². The third-order valence-corrected chi connectivity index (χ3v) is 5.79. The van der Waals surface area contributed by atoms with Gasteiger partial charge in [-0.2, -0.15) is 0 Å². The van der Waals surface area contributed by atoms with Crippen molar-refractivity contribution in [2.24, 2.45) is 0 Å². The van der Waals surface area contributed by atoms with Gasteiger partial charge in [0.25, 0.3) is 5.91 Å². The van der Waals surface area contributed by atoms with Gasteiger partial charge in [0, 0.05) is 40.8 Å². The van der Waals surface area contributed by atoms with Crippen LogP contribution in [-0.4, -0.2) is 41.1 Å². The van der Waals surface area contributed by atoms with E-state index in [1.807, 2.05) is 30.5 Å². The van der Waals surface area contributed by atoms with Gasteiger partial charge in [-0.3, -0.25) is 19.6 Å². The number of carbonyl (C=O) groups is 3. The lowest BCUT2D eigenvalue weighted by Crippen LogP contribution is -2.44. The second-order valence-corrected chi connectivity index (χ2v) is 8.24. The maximum absolute atomic E-state index is 13.2. The van der Waals surface area contributed by atoms with Crippen molar-refractivity contribution in [1.82, 2.24) is 15.8 Å². The SMILES string of the molecule is COc1ccc(NC(=O)[C@H](Cc2c[nH]c3ccccc23)NC(=O)/C=C/c2ccc(C(=O)NO)cc2)cc1. The average Bonchev–Trinajstić information content (AvgIpc) is 3.34. The Hall–Kier alpha value is -4.89. The molecule has 5 N–H and O–H groups in total. The number of hydroxylamine groups is 1. The zero-order valence-electron chi connectivity index (χ0n) is 20.0. The first-order valence-corrected chi connectivity index (χ1v) is 11.5. The van der Waals surface area contributed by atoms with E-state index in [-0.39, 0.29) is 17.9 Å². The van der Waals surface area contributed by atoms with Crippen LogP contribution in [0.2, 0.25) is 0 Å². The van der Waals surface area contributed by atoms with Gasteiger partial charge in [-0.25, -0.2) is 5.48 Å². The highest BCUT2D eigenvalue weighted by Crippen LogP contribution is 2.20. The highest BCUT2D eigenvalue weighted by molar-refractivity contribution is 6.00. The summed E-state index contributed by atoms with van der Waals surface area (Å²) in [5, 5.41) is 15.3. The summed E-state index contributed by atoms with van der Waals surface area (Å²) in [5.74, 6) is -0.781. The minimum absolute atomic E-state index is 0.274. The zero-order valence-corrected chi connectivity index (χ0v) is 20.0. The smallest absolute Gasteiger partial charge is 0.274 e. The molecule has 3 aromatic carbocycles. The number of hydrogen-bond donors (Lipinski definition) is 5. The fraction of sp³-hybridized carbons (Fsp3) is 0.107. The molecular formula is C28H26N4O5. The number of aromatic amines is 1. The number of amides is 3. The molecule has 1 aromatic heterocycles. The summed E-state index contributed by atoms with van der Waals surface area (Å²) in [5.41, 5.74) is 4.92. The van der Waals surface area contributed by atoms with Gasteiger partial charge in [-0.15, -0.1) is 0 Å². The number of anilines is 1. The van der Waals surface area contributed by atoms with E-state index in [1.165, 1.54) is 18.2 Å². The highest BCUT2D eigenvalue weighted by Gasteiger charge is 2.22. The van der Waals surface area contributed by atoms with Crippen molar-refractivity contribution in [3.05, 3.63) is 102 Å². The van der Waals surface area contributed by atoms with Crippen LogP contribution in [0.15, 0.2) is 85.1 Å². The van der Waals surface area contributed by atoms with Crippen molar-refractivity contribution < 1.29 is 24.3 Å². The standard InChI is InChI=1S/C28H26N4O5/c1-37-22-13-11-21(12-14-22)30-28(35)25(16-20-17-29-24-5-3-2-4-23(20)24)31-26(33)15-8-18-6-9-19(10-7-18)27(34)32-36/h2-15,17,25,29,36H,16H2,1H3,(H,30,35)(H,31,33)(H,32,34)/b15-8+/t25-/m0/s1. The molecule has 9 nitrogen and oxygen atoms in total. The van der Waals surface area contributed by atoms with Crippen molar-refractivity contribution in [3.63, 3.8) is 0 Å². The molecule has 0 fully saturated rings. The Kier molecular flexibility index (Phi) is 7.97. The first kappa shape index (κ1) is 25.2. The molecule has 0 aliphatic heterocycles. The first-order valence-electron chi connectivity index (χ1n) is 11.5. The van der Waals surface area contributed by atoms with Crippen molar-refractivity contribution >= 4 is 40.4 Å². The predicted molar refractivity (Wildman–Crippen MR) is 140 cm³/mol. The Morgan fingerprint density at radius 3 is 2.43 bits per heavy atom. The van der Waals surface area contributed by atoms with Crippen LogP contribution < -0.4 is 20.9 Å². The van der Waals surface area contributed by atoms with Gasteiger partial charge in [-0.05, 0) is 59.7 Å². The van der Waals surface area contributed by atoms with E-state index < -0.39 is 17.9 Å². The first-order chi connectivity index (χ1) is 18.0. The Bertz CT molecular complexity index is 1430. The molecule has 37 heavy (non-hydrogen) atoms. The Balaban J connectivity index is 1.50. The van der Waals surface area contributed by atoms with Crippen molar-refractivity contribution in [3.8, 4) is 5.75 Å². The van der Waals surface area contributed by atoms with Crippen LogP contribution in [0.25, 0.3) is 17.0 Å². The van der Waals surface area contributed by atoms with Crippen LogP contribution in [0.4, 0.5) is 5.69 Å². The topological polar surface area (TPSA) is 133 Å². The number of H-pyrrole nitrogens is 1. The fourth-order valence-electron chi connectivity index (χ4n) is 3.84. The van der Waals surface area contributed by atoms with Crippen LogP contribution in [-0.2, 0) is 16.0 Å². The summed E-state index contributed by atoms with van der Waals surface area (Å²) in [6, 6.07) is 20.1. The van der Waals surface area contributed by atoms with Gasteiger partial charge < -0.3 is 20.4 Å². The fourth-order valence-corrected chi connectivity index (χ4v) is 3.84. The van der Waals surface area contributed by atoms with Crippen LogP contribution in [0, 0.1) is 0 Å². The number of ether oxygens (including phenoxy) is 1. The largest absolute Gasteiger partial charge is 0.497 e. The second kappa shape index (κ2) is 11.7. The summed E-state index contributed by atoms with van der Waals surface area (Å²) in [6.45, 7) is 0. The number of carbonyl (C=O) groups excluding carboxylic acids is 3. The van der Waals surface area contributed by atoms with E-state index >= 15 is 0 Å². The average molecular weight is 499 g/mol. The number of benzene rings is 3. The second-order valence-electron chi connectivity index (χ2n) is 8.24. The molecule has 0 saturated carbocycles. The molecule has 0 bridgehead atoms. The van der Waals surface area contributed by atoms with Crippen molar-refractivity contribution in [2.45, 2.75) is 12.5 Å². The number of fused-ring (bicyclic) bond motifs is 1. The molecule has 188 valence electrons. The molecule has 4 aromatic rings. The van der Waals surface area contributed by atoms with Gasteiger partial charge in [0.15, 0.2) is 0 Å². The summed E-state index contributed by atoms with van der Waals surface area (Å²) >= 11 is 0. The minimum atomic E-state index is -0.853. The number of para-hydroxylation sites is 1. The highest BCUT2D eigenvalue weighted by atomic mass is 16.5. The molecular weight excluding hydrogens is 472 g/mol. The minimum Gasteiger partial charge on any atom is -0.497 e. The molecule has 0 saturated heterocycles. The van der Waals surface area contributed by atoms with Crippen LogP contribution in [0.1, 0.15) is 21.5 Å². The van der Waals surface area contributed by atoms with E-state index in [2.05, 4.69) is 15.6 Å². The molecule has 0 unspecified atom stereocenters. The summed E-state index contributed by atoms with van der Waals surface area (Å²) < 4.78 is 5.16. The molecule has 1 atom stereocenters. The lowest BCUT2D eigenvalue weighted by molar-refractivity contribution is -0.123. The van der Waals surface area contributed by atoms with E-state index in [0.717, 1.165) is 16.5 Å². The van der Waals surface area contributed by atoms with E-state index in [1.54, 1.807) is 55.1 Å². The third kappa shape index (κ3) is 6.41. The Labute approximate surface area is 213 Å². The number of methoxy groups -OCH3 is 1. The van der Waals surface area contributed by atoms with Crippen LogP contribution in [0.5, 0.6) is 5.75 Å². The van der Waals surface area contributed by atoms with Gasteiger partial charge >= 0.3 is 0 Å². The van der Waals surface area contributed by atoms with Crippen molar-refractivity contribution in [2.75, 3.05) is 12.4 Å². The quantitative estimate of drug-likeness (QED) is 0.136. The maximum Gasteiger partial charge on any atom is 0.274 e. The normalized spacial score (nSPS) is 11.7. The summed E-state index contributed by atoms with van der Waals surface area (Å²) in [7, 11) is 1.56. The molecule has 1 heterocycles. The van der Waals surface area contributed by atoms with Gasteiger partial charge in [-0.1, -0.05) is 30.3 Å². The Morgan fingerprint density at radius 2 is 1.73 bits per heavy atom. The van der Waals surface area contributed by atoms with E-state index in [0.29, 0.717) is 17.0 Å².